The third-order valence-corrected chi connectivity index (χ3v) is 4.94. The molecule has 1 aliphatic rings. The maximum absolute atomic E-state index is 12.5. The van der Waals surface area contributed by atoms with Crippen molar-refractivity contribution in [2.75, 3.05) is 12.4 Å². The smallest absolute Gasteiger partial charge is 0.360 e. The van der Waals surface area contributed by atoms with Gasteiger partial charge in [-0.2, -0.15) is 0 Å². The number of hydrogen-bond donors (Lipinski definition) is 1. The number of carbonyl (C=O) groups excluding carboxylic acids is 2. The predicted octanol–water partition coefficient (Wildman–Crippen LogP) is 1.20. The minimum Gasteiger partial charge on any atom is -0.464 e. The van der Waals surface area contributed by atoms with E-state index in [2.05, 4.69) is 15.0 Å². The summed E-state index contributed by atoms with van der Waals surface area (Å²) in [4.78, 5) is 27.1. The van der Waals surface area contributed by atoms with Gasteiger partial charge in [0.1, 0.15) is 17.7 Å². The molecule has 0 unspecified atom stereocenters. The van der Waals surface area contributed by atoms with Gasteiger partial charge < -0.3 is 14.5 Å². The van der Waals surface area contributed by atoms with Crippen LogP contribution in [0.25, 0.3) is 0 Å². The number of aromatic nitrogens is 1. The van der Waals surface area contributed by atoms with E-state index in [1.54, 1.807) is 12.1 Å². The molecule has 1 aromatic carbocycles. The molecule has 2 aromatic rings. The van der Waals surface area contributed by atoms with E-state index in [-0.39, 0.29) is 22.2 Å². The number of ether oxygens (including phenoxy) is 1. The van der Waals surface area contributed by atoms with Crippen LogP contribution in [0.4, 0.5) is 10.5 Å². The van der Waals surface area contributed by atoms with Gasteiger partial charge in [0, 0.05) is 0 Å². The normalized spacial score (nSPS) is 15.7. The number of amides is 2. The van der Waals surface area contributed by atoms with Crippen molar-refractivity contribution in [1.29, 1.82) is 0 Å². The molecule has 0 saturated heterocycles. The molecule has 9 nitrogen and oxygen atoms in total. The van der Waals surface area contributed by atoms with Crippen molar-refractivity contribution in [3.05, 3.63) is 42.1 Å². The van der Waals surface area contributed by atoms with E-state index in [1.165, 1.54) is 19.2 Å². The monoisotopic (exact) mass is 337 g/mol. The summed E-state index contributed by atoms with van der Waals surface area (Å²) in [6.45, 7) is -0.445. The van der Waals surface area contributed by atoms with E-state index in [1.807, 2.05) is 0 Å². The first kappa shape index (κ1) is 15.0. The second-order valence-corrected chi connectivity index (χ2v) is 6.39. The van der Waals surface area contributed by atoms with Gasteiger partial charge in [0.05, 0.1) is 12.8 Å². The number of para-hydroxylation sites is 1. The lowest BCUT2D eigenvalue weighted by Gasteiger charge is -2.27. The maximum atomic E-state index is 12.5. The molecule has 10 heteroatoms. The highest BCUT2D eigenvalue weighted by Crippen LogP contribution is 2.30. The van der Waals surface area contributed by atoms with Crippen molar-refractivity contribution < 1.29 is 27.2 Å². The summed E-state index contributed by atoms with van der Waals surface area (Å²) < 4.78 is 35.1. The average molecular weight is 337 g/mol. The molecule has 0 bridgehead atoms. The summed E-state index contributed by atoms with van der Waals surface area (Å²) >= 11 is 0. The van der Waals surface area contributed by atoms with Crippen molar-refractivity contribution in [2.45, 2.75) is 11.4 Å². The van der Waals surface area contributed by atoms with Gasteiger partial charge in [0.15, 0.2) is 5.69 Å². The minimum absolute atomic E-state index is 0.0284. The Morgan fingerprint density at radius 2 is 2.13 bits per heavy atom. The molecule has 0 atom stereocenters. The number of methoxy groups -OCH3 is 1. The van der Waals surface area contributed by atoms with Gasteiger partial charge in [-0.1, -0.05) is 12.1 Å². The Hall–Kier alpha value is -2.88. The van der Waals surface area contributed by atoms with Crippen molar-refractivity contribution in [3.8, 4) is 0 Å². The molecular formula is C13H11N3O6S. The summed E-state index contributed by atoms with van der Waals surface area (Å²) in [5.41, 5.74) is 0.0918. The Morgan fingerprint density at radius 3 is 2.87 bits per heavy atom. The van der Waals surface area contributed by atoms with E-state index in [0.717, 1.165) is 6.26 Å². The largest absolute Gasteiger partial charge is 0.464 e. The number of benzene rings is 1. The Morgan fingerprint density at radius 1 is 1.39 bits per heavy atom. The number of hydrogen-bond acceptors (Lipinski definition) is 7. The summed E-state index contributed by atoms with van der Waals surface area (Å²) in [7, 11) is -2.86. The van der Waals surface area contributed by atoms with Crippen LogP contribution in [-0.4, -0.2) is 36.8 Å². The lowest BCUT2D eigenvalue weighted by molar-refractivity contribution is 0.0594. The number of anilines is 1. The predicted molar refractivity (Wildman–Crippen MR) is 76.0 cm³/mol. The SMILES string of the molecule is COC(=O)c1coc(CN2C(=O)Nc3ccccc3S2(=O)=O)n1. The average Bonchev–Trinajstić information content (AvgIpc) is 2.99. The Balaban J connectivity index is 1.93. The van der Waals surface area contributed by atoms with Gasteiger partial charge in [-0.15, -0.1) is 0 Å². The van der Waals surface area contributed by atoms with E-state index < -0.39 is 28.6 Å². The molecule has 3 rings (SSSR count). The van der Waals surface area contributed by atoms with E-state index >= 15 is 0 Å². The summed E-state index contributed by atoms with van der Waals surface area (Å²) in [5.74, 6) is -0.834. The van der Waals surface area contributed by atoms with Crippen LogP contribution in [0.15, 0.2) is 39.8 Å². The molecule has 1 aliphatic heterocycles. The number of carbonyl (C=O) groups is 2. The lowest BCUT2D eigenvalue weighted by Crippen LogP contribution is -2.43. The topological polar surface area (TPSA) is 119 Å². The van der Waals surface area contributed by atoms with Crippen molar-refractivity contribution >= 4 is 27.7 Å². The fraction of sp³-hybridized carbons (Fsp3) is 0.154. The van der Waals surface area contributed by atoms with Crippen LogP contribution in [0.2, 0.25) is 0 Å². The van der Waals surface area contributed by atoms with E-state index in [0.29, 0.717) is 4.31 Å². The molecule has 0 saturated carbocycles. The Kier molecular flexibility index (Phi) is 3.52. The molecule has 120 valence electrons. The first-order valence-corrected chi connectivity index (χ1v) is 7.83. The summed E-state index contributed by atoms with van der Waals surface area (Å²) in [5, 5.41) is 2.47. The molecule has 0 spiro atoms. The third-order valence-electron chi connectivity index (χ3n) is 3.15. The van der Waals surface area contributed by atoms with E-state index in [4.69, 9.17) is 4.42 Å². The molecule has 23 heavy (non-hydrogen) atoms. The fourth-order valence-electron chi connectivity index (χ4n) is 2.06. The van der Waals surface area contributed by atoms with Crippen LogP contribution in [-0.2, 0) is 21.3 Å². The van der Waals surface area contributed by atoms with E-state index in [9.17, 15) is 18.0 Å². The van der Waals surface area contributed by atoms with Crippen LogP contribution in [0, 0.1) is 0 Å². The Labute approximate surface area is 130 Å². The van der Waals surface area contributed by atoms with Crippen LogP contribution in [0.5, 0.6) is 0 Å². The number of nitrogens with one attached hydrogen (secondary N) is 1. The molecular weight excluding hydrogens is 326 g/mol. The fourth-order valence-corrected chi connectivity index (χ4v) is 3.49. The van der Waals surface area contributed by atoms with Crippen LogP contribution < -0.4 is 5.32 Å². The second kappa shape index (κ2) is 5.39. The third kappa shape index (κ3) is 2.52. The number of urea groups is 1. The Bertz CT molecular complexity index is 889. The quantitative estimate of drug-likeness (QED) is 0.836. The number of sulfonamides is 1. The second-order valence-electron chi connectivity index (χ2n) is 4.56. The van der Waals surface area contributed by atoms with Crippen LogP contribution >= 0.6 is 0 Å². The number of nitrogens with zero attached hydrogens (tertiary/aromatic N) is 2. The number of esters is 1. The van der Waals surface area contributed by atoms with Crippen molar-refractivity contribution in [2.24, 2.45) is 0 Å². The highest BCUT2D eigenvalue weighted by atomic mass is 32.2. The summed E-state index contributed by atoms with van der Waals surface area (Å²) in [6, 6.07) is 5.20. The zero-order valence-corrected chi connectivity index (χ0v) is 12.7. The molecule has 0 aliphatic carbocycles. The van der Waals surface area contributed by atoms with Gasteiger partial charge in [0.2, 0.25) is 5.89 Å². The molecule has 1 N–H and O–H groups in total. The highest BCUT2D eigenvalue weighted by Gasteiger charge is 2.37. The molecule has 0 radical (unpaired) electrons. The zero-order chi connectivity index (χ0) is 16.6. The van der Waals surface area contributed by atoms with Gasteiger partial charge in [-0.05, 0) is 12.1 Å². The molecule has 2 heterocycles. The maximum Gasteiger partial charge on any atom is 0.360 e. The first-order chi connectivity index (χ1) is 10.9. The minimum atomic E-state index is -4.04. The summed E-state index contributed by atoms with van der Waals surface area (Å²) in [6.07, 6.45) is 1.03. The lowest BCUT2D eigenvalue weighted by atomic mass is 10.3. The van der Waals surface area contributed by atoms with Crippen LogP contribution in [0.1, 0.15) is 16.4 Å². The van der Waals surface area contributed by atoms with Gasteiger partial charge in [-0.3, -0.25) is 0 Å². The van der Waals surface area contributed by atoms with Gasteiger partial charge >= 0.3 is 12.0 Å². The van der Waals surface area contributed by atoms with Crippen molar-refractivity contribution in [3.63, 3.8) is 0 Å². The zero-order valence-electron chi connectivity index (χ0n) is 11.8. The first-order valence-electron chi connectivity index (χ1n) is 6.39. The van der Waals surface area contributed by atoms with Crippen LogP contribution in [0.3, 0.4) is 0 Å². The highest BCUT2D eigenvalue weighted by molar-refractivity contribution is 7.90. The number of oxazole rings is 1. The van der Waals surface area contributed by atoms with Crippen molar-refractivity contribution in [1.82, 2.24) is 9.29 Å². The standard InChI is InChI=1S/C13H11N3O6S/c1-21-12(17)9-7-22-11(14-9)6-16-13(18)15-8-4-2-3-5-10(8)23(16,19)20/h2-5,7H,6H2,1H3,(H,15,18). The van der Waals surface area contributed by atoms with Gasteiger partial charge in [0.25, 0.3) is 10.0 Å². The number of rotatable bonds is 3. The van der Waals surface area contributed by atoms with Gasteiger partial charge in [-0.25, -0.2) is 27.3 Å². The number of fused-ring (bicyclic) bond motifs is 1. The molecule has 0 fully saturated rings. The molecule has 1 aromatic heterocycles. The molecule has 2 amide bonds.